The fraction of sp³-hybridized carbons (Fsp3) is 0.462. The molecule has 112 valence electrons. The number of hydrogen-bond donors (Lipinski definition) is 2. The van der Waals surface area contributed by atoms with Gasteiger partial charge in [-0.25, -0.2) is 9.97 Å². The number of nitrogens with one attached hydrogen (secondary N) is 2. The third kappa shape index (κ3) is 3.29. The average molecular weight is 324 g/mol. The molecule has 2 aromatic heterocycles. The van der Waals surface area contributed by atoms with E-state index in [4.69, 9.17) is 4.74 Å². The number of rotatable bonds is 3. The number of amides is 1. The van der Waals surface area contributed by atoms with Crippen molar-refractivity contribution in [2.75, 3.05) is 25.0 Å². The van der Waals surface area contributed by atoms with Gasteiger partial charge in [-0.05, 0) is 13.8 Å². The maximum absolute atomic E-state index is 12.1. The molecule has 1 fully saturated rings. The predicted molar refractivity (Wildman–Crippen MR) is 83.9 cm³/mol. The lowest BCUT2D eigenvalue weighted by molar-refractivity contribution is -0.128. The number of carbonyl (C=O) groups is 1. The normalized spacial score (nSPS) is 18.7. The van der Waals surface area contributed by atoms with Crippen LogP contribution in [0.2, 0.25) is 0 Å². The zero-order valence-electron chi connectivity index (χ0n) is 11.8. The molecule has 0 aliphatic carbocycles. The van der Waals surface area contributed by atoms with Gasteiger partial charge in [0.2, 0.25) is 0 Å². The molecule has 1 aliphatic heterocycles. The Kier molecular flexibility index (Phi) is 4.29. The van der Waals surface area contributed by atoms with Gasteiger partial charge in [0, 0.05) is 18.5 Å². The van der Waals surface area contributed by atoms with E-state index in [-0.39, 0.29) is 5.91 Å². The minimum atomic E-state index is -0.446. The van der Waals surface area contributed by atoms with Crippen molar-refractivity contribution >= 4 is 33.7 Å². The summed E-state index contributed by atoms with van der Waals surface area (Å²) in [5.74, 6) is -0.152. The summed E-state index contributed by atoms with van der Waals surface area (Å²) < 4.78 is 5.42. The maximum atomic E-state index is 12.1. The summed E-state index contributed by atoms with van der Waals surface area (Å²) in [5, 5.41) is 9.50. The van der Waals surface area contributed by atoms with Crippen molar-refractivity contribution in [2.24, 2.45) is 0 Å². The second kappa shape index (κ2) is 6.18. The third-order valence-electron chi connectivity index (χ3n) is 3.09. The molecule has 0 saturated carbocycles. The molecule has 3 heterocycles. The van der Waals surface area contributed by atoms with Crippen LogP contribution >= 0.6 is 22.7 Å². The van der Waals surface area contributed by atoms with Crippen molar-refractivity contribution in [1.29, 1.82) is 0 Å². The van der Waals surface area contributed by atoms with E-state index in [2.05, 4.69) is 20.6 Å². The molecule has 2 aromatic rings. The van der Waals surface area contributed by atoms with Crippen LogP contribution in [0.3, 0.4) is 0 Å². The first-order valence-electron chi connectivity index (χ1n) is 6.66. The minimum Gasteiger partial charge on any atom is -0.366 e. The Morgan fingerprint density at radius 1 is 1.48 bits per heavy atom. The van der Waals surface area contributed by atoms with Crippen LogP contribution in [0, 0.1) is 13.8 Å². The third-order valence-corrected chi connectivity index (χ3v) is 4.94. The topological polar surface area (TPSA) is 76.1 Å². The smallest absolute Gasteiger partial charge is 0.256 e. The molecular formula is C13H16N4O2S2. The molecule has 0 unspecified atom stereocenters. The van der Waals surface area contributed by atoms with Crippen molar-refractivity contribution < 1.29 is 9.53 Å². The zero-order valence-corrected chi connectivity index (χ0v) is 13.4. The van der Waals surface area contributed by atoms with Gasteiger partial charge in [-0.2, -0.15) is 0 Å². The van der Waals surface area contributed by atoms with Gasteiger partial charge in [0.1, 0.15) is 6.10 Å². The summed E-state index contributed by atoms with van der Waals surface area (Å²) in [7, 11) is 0. The largest absolute Gasteiger partial charge is 0.366 e. The number of carbonyl (C=O) groups excluding carboxylic acids is 1. The number of hydrogen-bond acceptors (Lipinski definition) is 7. The molecule has 0 spiro atoms. The van der Waals surface area contributed by atoms with E-state index in [1.165, 1.54) is 11.3 Å². The lowest BCUT2D eigenvalue weighted by atomic mass is 10.3. The number of aryl methyl sites for hydroxylation is 2. The summed E-state index contributed by atoms with van der Waals surface area (Å²) in [4.78, 5) is 22.0. The van der Waals surface area contributed by atoms with Gasteiger partial charge in [0.15, 0.2) is 5.13 Å². The summed E-state index contributed by atoms with van der Waals surface area (Å²) in [6.45, 7) is 5.83. The number of anilines is 1. The molecule has 0 radical (unpaired) electrons. The highest BCUT2D eigenvalue weighted by Gasteiger charge is 2.22. The van der Waals surface area contributed by atoms with E-state index >= 15 is 0 Å². The van der Waals surface area contributed by atoms with Gasteiger partial charge >= 0.3 is 0 Å². The van der Waals surface area contributed by atoms with Gasteiger partial charge in [0.25, 0.3) is 5.91 Å². The molecule has 3 rings (SSSR count). The Labute approximate surface area is 130 Å². The quantitative estimate of drug-likeness (QED) is 0.900. The molecule has 2 N–H and O–H groups in total. The van der Waals surface area contributed by atoms with E-state index in [0.29, 0.717) is 18.3 Å². The lowest BCUT2D eigenvalue weighted by Crippen LogP contribution is -2.45. The fourth-order valence-corrected chi connectivity index (χ4v) is 3.78. The van der Waals surface area contributed by atoms with Crippen molar-refractivity contribution in [2.45, 2.75) is 20.0 Å². The van der Waals surface area contributed by atoms with Crippen LogP contribution in [-0.4, -0.2) is 41.7 Å². The van der Waals surface area contributed by atoms with E-state index < -0.39 is 6.10 Å². The van der Waals surface area contributed by atoms with E-state index in [1.54, 1.807) is 11.3 Å². The monoisotopic (exact) mass is 324 g/mol. The summed E-state index contributed by atoms with van der Waals surface area (Å²) in [5.41, 5.74) is 1.83. The van der Waals surface area contributed by atoms with E-state index in [9.17, 15) is 4.79 Å². The summed E-state index contributed by atoms with van der Waals surface area (Å²) >= 11 is 3.03. The van der Waals surface area contributed by atoms with Crippen molar-refractivity contribution in [3.8, 4) is 10.6 Å². The number of nitrogens with zero attached hydrogens (tertiary/aromatic N) is 2. The highest BCUT2D eigenvalue weighted by atomic mass is 32.1. The molecule has 0 aromatic carbocycles. The van der Waals surface area contributed by atoms with Crippen molar-refractivity contribution in [1.82, 2.24) is 15.3 Å². The highest BCUT2D eigenvalue weighted by molar-refractivity contribution is 7.16. The summed E-state index contributed by atoms with van der Waals surface area (Å²) in [6.07, 6.45) is -0.446. The second-order valence-electron chi connectivity index (χ2n) is 4.74. The van der Waals surface area contributed by atoms with Gasteiger partial charge in [-0.3, -0.25) is 10.1 Å². The Balaban J connectivity index is 1.70. The molecule has 21 heavy (non-hydrogen) atoms. The minimum absolute atomic E-state index is 0.152. The van der Waals surface area contributed by atoms with Gasteiger partial charge in [0.05, 0.1) is 27.9 Å². The van der Waals surface area contributed by atoms with E-state index in [0.717, 1.165) is 27.8 Å². The second-order valence-corrected chi connectivity index (χ2v) is 6.80. The molecule has 1 saturated heterocycles. The first-order valence-corrected chi connectivity index (χ1v) is 8.36. The molecule has 1 amide bonds. The molecule has 8 heteroatoms. The first kappa shape index (κ1) is 14.6. The average Bonchev–Trinajstić information content (AvgIpc) is 3.06. The first-order chi connectivity index (χ1) is 10.1. The van der Waals surface area contributed by atoms with E-state index in [1.807, 2.05) is 19.2 Å². The Morgan fingerprint density at radius 2 is 2.33 bits per heavy atom. The highest BCUT2D eigenvalue weighted by Crippen LogP contribution is 2.32. The van der Waals surface area contributed by atoms with Crippen molar-refractivity contribution in [3.05, 3.63) is 16.1 Å². The molecule has 0 bridgehead atoms. The van der Waals surface area contributed by atoms with Crippen molar-refractivity contribution in [3.63, 3.8) is 0 Å². The van der Waals surface area contributed by atoms with Crippen LogP contribution < -0.4 is 10.6 Å². The lowest BCUT2D eigenvalue weighted by Gasteiger charge is -2.22. The Hall–Kier alpha value is -1.35. The number of aromatic nitrogens is 2. The fourth-order valence-electron chi connectivity index (χ4n) is 2.12. The van der Waals surface area contributed by atoms with Crippen LogP contribution in [-0.2, 0) is 9.53 Å². The SMILES string of the molecule is Cc1nc(C)c(-c2csc(NC(=O)[C@H]3CNCCO3)n2)s1. The van der Waals surface area contributed by atoms with Gasteiger partial charge in [-0.1, -0.05) is 0 Å². The molecular weight excluding hydrogens is 308 g/mol. The zero-order chi connectivity index (χ0) is 14.8. The van der Waals surface area contributed by atoms with Crippen LogP contribution in [0.15, 0.2) is 5.38 Å². The number of thiazole rings is 2. The molecule has 1 atom stereocenters. The van der Waals surface area contributed by atoms with Crippen LogP contribution in [0.1, 0.15) is 10.7 Å². The Morgan fingerprint density at radius 3 is 3.00 bits per heavy atom. The predicted octanol–water partition coefficient (Wildman–Crippen LogP) is 1.81. The standard InChI is InChI=1S/C13H16N4O2S2/c1-7-11(21-8(2)15-7)9-6-20-13(16-9)17-12(18)10-5-14-3-4-19-10/h6,10,14H,3-5H2,1-2H3,(H,16,17,18)/t10-/m1/s1. The number of morpholine rings is 1. The Bertz CT molecular complexity index is 646. The summed E-state index contributed by atoms with van der Waals surface area (Å²) in [6, 6.07) is 0. The van der Waals surface area contributed by atoms with Crippen LogP contribution in [0.25, 0.3) is 10.6 Å². The number of ether oxygens (including phenoxy) is 1. The molecule has 6 nitrogen and oxygen atoms in total. The van der Waals surface area contributed by atoms with Crippen LogP contribution in [0.4, 0.5) is 5.13 Å². The molecule has 1 aliphatic rings. The van der Waals surface area contributed by atoms with Gasteiger partial charge < -0.3 is 10.1 Å². The van der Waals surface area contributed by atoms with Crippen LogP contribution in [0.5, 0.6) is 0 Å². The maximum Gasteiger partial charge on any atom is 0.256 e. The van der Waals surface area contributed by atoms with Gasteiger partial charge in [-0.15, -0.1) is 22.7 Å².